The fourth-order valence-corrected chi connectivity index (χ4v) is 3.67. The molecule has 0 aliphatic carbocycles. The highest BCUT2D eigenvalue weighted by Gasteiger charge is 2.23. The Balaban J connectivity index is 1.60. The van der Waals surface area contributed by atoms with Crippen LogP contribution in [0.2, 0.25) is 5.02 Å². The highest BCUT2D eigenvalue weighted by molar-refractivity contribution is 6.32. The first-order valence-electron chi connectivity index (χ1n) is 12.3. The van der Waals surface area contributed by atoms with E-state index in [1.807, 2.05) is 38.4 Å². The first kappa shape index (κ1) is 27.8. The molecule has 0 radical (unpaired) electrons. The van der Waals surface area contributed by atoms with Crippen LogP contribution < -0.4 is 20.1 Å². The number of fused-ring (bicyclic) bond motifs is 1. The van der Waals surface area contributed by atoms with Gasteiger partial charge in [-0.3, -0.25) is 9.78 Å². The van der Waals surface area contributed by atoms with E-state index in [0.717, 1.165) is 5.69 Å². The van der Waals surface area contributed by atoms with Crippen molar-refractivity contribution in [1.82, 2.24) is 19.9 Å². The van der Waals surface area contributed by atoms with Crippen molar-refractivity contribution in [1.29, 1.82) is 0 Å². The van der Waals surface area contributed by atoms with E-state index >= 15 is 0 Å². The number of halogens is 1. The lowest BCUT2D eigenvalue weighted by Crippen LogP contribution is -2.43. The zero-order valence-corrected chi connectivity index (χ0v) is 23.1. The largest absolute Gasteiger partial charge is 0.489 e. The fraction of sp³-hybridized carbons (Fsp3) is 0.241. The Morgan fingerprint density at radius 3 is 2.59 bits per heavy atom. The molecule has 0 atom stereocenters. The van der Waals surface area contributed by atoms with Crippen molar-refractivity contribution in [3.05, 3.63) is 84.4 Å². The van der Waals surface area contributed by atoms with E-state index in [4.69, 9.17) is 21.1 Å². The number of rotatable bonds is 11. The van der Waals surface area contributed by atoms with Crippen LogP contribution in [-0.4, -0.2) is 52.0 Å². The maximum Gasteiger partial charge on any atom is 0.247 e. The van der Waals surface area contributed by atoms with Crippen LogP contribution in [0.25, 0.3) is 10.9 Å². The van der Waals surface area contributed by atoms with Gasteiger partial charge >= 0.3 is 0 Å². The third-order valence-electron chi connectivity index (χ3n) is 6.27. The average molecular weight is 547 g/mol. The van der Waals surface area contributed by atoms with Crippen molar-refractivity contribution >= 4 is 45.6 Å². The Bertz CT molecular complexity index is 1480. The molecule has 2 aromatic heterocycles. The molecule has 0 saturated heterocycles. The first-order valence-corrected chi connectivity index (χ1v) is 12.7. The van der Waals surface area contributed by atoms with Gasteiger partial charge in [0.05, 0.1) is 21.9 Å². The van der Waals surface area contributed by atoms with Crippen LogP contribution >= 0.6 is 11.6 Å². The number of carbonyl (C=O) groups is 1. The van der Waals surface area contributed by atoms with Crippen LogP contribution in [0.1, 0.15) is 19.5 Å². The molecule has 202 valence electrons. The highest BCUT2D eigenvalue weighted by Crippen LogP contribution is 2.35. The van der Waals surface area contributed by atoms with Gasteiger partial charge in [-0.15, -0.1) is 0 Å². The summed E-state index contributed by atoms with van der Waals surface area (Å²) in [6, 6.07) is 14.6. The molecule has 39 heavy (non-hydrogen) atoms. The molecule has 2 N–H and O–H groups in total. The molecule has 0 unspecified atom stereocenters. The van der Waals surface area contributed by atoms with E-state index in [9.17, 15) is 4.79 Å². The Kier molecular flexibility index (Phi) is 8.63. The smallest absolute Gasteiger partial charge is 0.247 e. The van der Waals surface area contributed by atoms with Crippen molar-refractivity contribution in [2.75, 3.05) is 31.3 Å². The van der Waals surface area contributed by atoms with Gasteiger partial charge in [-0.05, 0) is 70.4 Å². The molecule has 2 aromatic carbocycles. The van der Waals surface area contributed by atoms with Crippen molar-refractivity contribution in [2.45, 2.75) is 26.0 Å². The predicted molar refractivity (Wildman–Crippen MR) is 155 cm³/mol. The van der Waals surface area contributed by atoms with Crippen LogP contribution in [-0.2, 0) is 11.4 Å². The van der Waals surface area contributed by atoms with Crippen LogP contribution in [0.4, 0.5) is 17.2 Å². The summed E-state index contributed by atoms with van der Waals surface area (Å²) in [6.45, 7) is 8.39. The molecule has 2 heterocycles. The molecule has 0 aliphatic heterocycles. The van der Waals surface area contributed by atoms with Gasteiger partial charge in [0.2, 0.25) is 5.91 Å². The molecule has 0 fully saturated rings. The van der Waals surface area contributed by atoms with Crippen molar-refractivity contribution < 1.29 is 14.3 Å². The minimum absolute atomic E-state index is 0.236. The molecule has 0 aliphatic rings. The van der Waals surface area contributed by atoms with E-state index in [1.54, 1.807) is 30.5 Å². The molecule has 1 amide bonds. The van der Waals surface area contributed by atoms with E-state index in [-0.39, 0.29) is 11.4 Å². The zero-order chi connectivity index (χ0) is 28.0. The third-order valence-corrected chi connectivity index (χ3v) is 6.56. The predicted octanol–water partition coefficient (Wildman–Crippen LogP) is 5.84. The van der Waals surface area contributed by atoms with Crippen LogP contribution in [0.5, 0.6) is 11.5 Å². The molecule has 10 heteroatoms. The van der Waals surface area contributed by atoms with Gasteiger partial charge in [0.25, 0.3) is 0 Å². The second-order valence-electron chi connectivity index (χ2n) is 9.66. The lowest BCUT2D eigenvalue weighted by atomic mass is 10.1. The normalized spacial score (nSPS) is 11.3. The summed E-state index contributed by atoms with van der Waals surface area (Å²) in [7, 11) is 3.97. The monoisotopic (exact) mass is 546 g/mol. The standard InChI is InChI=1S/C29H31ClN6O3/c1-6-27(37)35-24-14-21-23(15-26(24)39-17-29(2,3)36(4)5)32-18-33-28(21)34-19-10-11-25(22(30)13-19)38-16-20-9-7-8-12-31-20/h6-15,18H,1,16-17H2,2-5H3,(H,35,37)(H,32,33,34). The van der Waals surface area contributed by atoms with Gasteiger partial charge in [-0.25, -0.2) is 9.97 Å². The number of likely N-dealkylation sites (N-methyl/N-ethyl adjacent to an activating group) is 1. The Morgan fingerprint density at radius 1 is 1.08 bits per heavy atom. The molecule has 0 saturated carbocycles. The third kappa shape index (κ3) is 7.01. The number of amides is 1. The molecule has 0 spiro atoms. The number of aromatic nitrogens is 3. The minimum atomic E-state index is -0.356. The van der Waals surface area contributed by atoms with Gasteiger partial charge in [0.15, 0.2) is 0 Å². The average Bonchev–Trinajstić information content (AvgIpc) is 2.92. The maximum atomic E-state index is 12.2. The van der Waals surface area contributed by atoms with E-state index < -0.39 is 0 Å². The molecule has 0 bridgehead atoms. The highest BCUT2D eigenvalue weighted by atomic mass is 35.5. The first-order chi connectivity index (χ1) is 18.7. The SMILES string of the molecule is C=CC(=O)Nc1cc2c(Nc3ccc(OCc4ccccn4)c(Cl)c3)ncnc2cc1OCC(C)(C)N(C)C. The summed E-state index contributed by atoms with van der Waals surface area (Å²) >= 11 is 6.50. The molecular formula is C29H31ClN6O3. The molecular weight excluding hydrogens is 516 g/mol. The maximum absolute atomic E-state index is 12.2. The summed E-state index contributed by atoms with van der Waals surface area (Å²) in [5, 5.41) is 7.24. The second-order valence-corrected chi connectivity index (χ2v) is 10.1. The number of benzene rings is 2. The van der Waals surface area contributed by atoms with Crippen LogP contribution in [0, 0.1) is 0 Å². The van der Waals surface area contributed by atoms with E-state index in [1.165, 1.54) is 12.4 Å². The fourth-order valence-electron chi connectivity index (χ4n) is 3.44. The van der Waals surface area contributed by atoms with Gasteiger partial charge in [0, 0.05) is 28.9 Å². The summed E-state index contributed by atoms with van der Waals surface area (Å²) in [6.07, 6.45) is 4.39. The number of pyridine rings is 1. The number of anilines is 3. The van der Waals surface area contributed by atoms with Crippen molar-refractivity contribution in [3.8, 4) is 11.5 Å². The quantitative estimate of drug-likeness (QED) is 0.226. The number of hydrogen-bond donors (Lipinski definition) is 2. The minimum Gasteiger partial charge on any atom is -0.489 e. The van der Waals surface area contributed by atoms with Gasteiger partial charge < -0.3 is 25.0 Å². The van der Waals surface area contributed by atoms with Crippen molar-refractivity contribution in [3.63, 3.8) is 0 Å². The summed E-state index contributed by atoms with van der Waals surface area (Å²) in [5.74, 6) is 1.21. The van der Waals surface area contributed by atoms with Gasteiger partial charge in [-0.2, -0.15) is 0 Å². The Hall–Kier alpha value is -4.21. The topological polar surface area (TPSA) is 102 Å². The number of nitrogens with zero attached hydrogens (tertiary/aromatic N) is 4. The second kappa shape index (κ2) is 12.1. The number of ether oxygens (including phenoxy) is 2. The Morgan fingerprint density at radius 2 is 1.90 bits per heavy atom. The Labute approximate surface area is 232 Å². The summed E-state index contributed by atoms with van der Waals surface area (Å²) in [4.78, 5) is 27.4. The van der Waals surface area contributed by atoms with E-state index in [0.29, 0.717) is 57.8 Å². The lowest BCUT2D eigenvalue weighted by molar-refractivity contribution is -0.111. The zero-order valence-electron chi connectivity index (χ0n) is 22.4. The van der Waals surface area contributed by atoms with Crippen molar-refractivity contribution in [2.24, 2.45) is 0 Å². The molecule has 4 aromatic rings. The number of carbonyl (C=O) groups excluding carboxylic acids is 1. The van der Waals surface area contributed by atoms with Crippen LogP contribution in [0.15, 0.2) is 73.7 Å². The van der Waals surface area contributed by atoms with Gasteiger partial charge in [-0.1, -0.05) is 24.2 Å². The van der Waals surface area contributed by atoms with Crippen LogP contribution in [0.3, 0.4) is 0 Å². The summed E-state index contributed by atoms with van der Waals surface area (Å²) in [5.41, 5.74) is 2.39. The van der Waals surface area contributed by atoms with Gasteiger partial charge in [0.1, 0.15) is 36.9 Å². The lowest BCUT2D eigenvalue weighted by Gasteiger charge is -2.32. The van der Waals surface area contributed by atoms with E-state index in [2.05, 4.69) is 50.9 Å². The summed E-state index contributed by atoms with van der Waals surface area (Å²) < 4.78 is 12.0. The number of nitrogens with one attached hydrogen (secondary N) is 2. The number of hydrogen-bond acceptors (Lipinski definition) is 8. The molecule has 4 rings (SSSR count). The molecule has 9 nitrogen and oxygen atoms in total.